The minimum atomic E-state index is -2.06. The first-order valence-corrected chi connectivity index (χ1v) is 15.1. The molecule has 1 saturated carbocycles. The third-order valence-electron chi connectivity index (χ3n) is 9.10. The van der Waals surface area contributed by atoms with Crippen LogP contribution in [-0.4, -0.2) is 61.7 Å². The zero-order chi connectivity index (χ0) is 30.3. The molecule has 0 bridgehead atoms. The van der Waals surface area contributed by atoms with Crippen molar-refractivity contribution in [2.75, 3.05) is 17.5 Å². The van der Waals surface area contributed by atoms with E-state index >= 15 is 0 Å². The second-order valence-corrected chi connectivity index (χ2v) is 12.7. The number of alkyl halides is 3. The number of anilines is 1. The maximum Gasteiger partial charge on any atom is 0.254 e. The molecule has 1 N–H and O–H groups in total. The number of methoxy groups -OCH3 is 1. The van der Waals surface area contributed by atoms with Gasteiger partial charge in [0.15, 0.2) is 15.5 Å². The Hall–Kier alpha value is -3.21. The number of nitrogens with zero attached hydrogens (tertiary/aromatic N) is 2. The van der Waals surface area contributed by atoms with Gasteiger partial charge < -0.3 is 9.84 Å². The summed E-state index contributed by atoms with van der Waals surface area (Å²) in [5, 5.41) is 11.1. The van der Waals surface area contributed by atoms with Crippen LogP contribution in [0, 0.1) is 17.8 Å². The van der Waals surface area contributed by atoms with E-state index in [0.717, 1.165) is 9.80 Å². The van der Waals surface area contributed by atoms with E-state index in [4.69, 9.17) is 27.9 Å². The molecule has 0 aromatic heterocycles. The summed E-state index contributed by atoms with van der Waals surface area (Å²) < 4.78 is 5.57. The van der Waals surface area contributed by atoms with Gasteiger partial charge in [0.25, 0.3) is 11.8 Å². The zero-order valence-electron chi connectivity index (χ0n) is 22.5. The van der Waals surface area contributed by atoms with E-state index in [9.17, 15) is 29.1 Å². The minimum absolute atomic E-state index is 0.152. The van der Waals surface area contributed by atoms with Gasteiger partial charge in [-0.15, -0.1) is 23.2 Å². The van der Waals surface area contributed by atoms with Crippen LogP contribution in [0.5, 0.6) is 11.5 Å². The Morgan fingerprint density at radius 1 is 1.05 bits per heavy atom. The van der Waals surface area contributed by atoms with Gasteiger partial charge in [-0.2, -0.15) is 0 Å². The molecule has 2 saturated heterocycles. The number of hydrogen-bond donors (Lipinski definition) is 1. The number of ketones is 1. The zero-order valence-corrected chi connectivity index (χ0v) is 25.6. The molecule has 2 heterocycles. The first-order valence-electron chi connectivity index (χ1n) is 13.3. The molecule has 6 atom stereocenters. The van der Waals surface area contributed by atoms with Gasteiger partial charge in [0, 0.05) is 17.0 Å². The highest BCUT2D eigenvalue weighted by molar-refractivity contribution is 9.09. The lowest BCUT2D eigenvalue weighted by molar-refractivity contribution is -0.138. The number of imide groups is 2. The number of ether oxygens (including phenoxy) is 1. The van der Waals surface area contributed by atoms with Crippen LogP contribution in [0.25, 0.3) is 0 Å². The van der Waals surface area contributed by atoms with Crippen molar-refractivity contribution in [3.05, 3.63) is 65.2 Å². The first kappa shape index (κ1) is 28.9. The number of amides is 4. The standard InChI is InChI=1S/C30H25BrCl2N2O7/c1-14(36)15-6-8-16(9-7-15)35-25(38)18-11-10-17-19(22(18)26(35)39)12-29(32)27(40)34(13-31)28(41)30(29,33)24(17)23-20(37)4-3-5-21(23)42-2/h3-10,18-19,22,24,37H,11-13H2,1-2H3/t18-,19+,22-,24+,29+,30-/m0/s1. The highest BCUT2D eigenvalue weighted by Crippen LogP contribution is 2.67. The van der Waals surface area contributed by atoms with Crippen molar-refractivity contribution in [2.45, 2.75) is 35.4 Å². The second kappa shape index (κ2) is 9.92. The Bertz CT molecular complexity index is 1610. The van der Waals surface area contributed by atoms with Gasteiger partial charge in [0.1, 0.15) is 11.5 Å². The molecule has 218 valence electrons. The molecule has 0 spiro atoms. The summed E-state index contributed by atoms with van der Waals surface area (Å²) in [5.74, 6) is -6.05. The van der Waals surface area contributed by atoms with Gasteiger partial charge in [-0.3, -0.25) is 33.8 Å². The highest BCUT2D eigenvalue weighted by Gasteiger charge is 2.76. The summed E-state index contributed by atoms with van der Waals surface area (Å²) >= 11 is 17.6. The van der Waals surface area contributed by atoms with Gasteiger partial charge in [-0.1, -0.05) is 33.6 Å². The van der Waals surface area contributed by atoms with Crippen LogP contribution in [0.1, 0.15) is 41.6 Å². The van der Waals surface area contributed by atoms with Crippen LogP contribution >= 0.6 is 39.1 Å². The number of Topliss-reactive ketones (excluding diaryl/α,β-unsaturated/α-hetero) is 1. The number of aromatic hydroxyl groups is 1. The van der Waals surface area contributed by atoms with E-state index in [1.54, 1.807) is 42.5 Å². The quantitative estimate of drug-likeness (QED) is 0.163. The summed E-state index contributed by atoms with van der Waals surface area (Å²) in [6, 6.07) is 10.8. The molecule has 42 heavy (non-hydrogen) atoms. The average Bonchev–Trinajstić information content (AvgIpc) is 3.31. The molecule has 6 rings (SSSR count). The number of halogens is 3. The van der Waals surface area contributed by atoms with Gasteiger partial charge in [-0.25, -0.2) is 0 Å². The van der Waals surface area contributed by atoms with E-state index in [1.165, 1.54) is 20.1 Å². The first-order chi connectivity index (χ1) is 19.9. The number of phenolic OH excluding ortho intramolecular Hbond substituents is 1. The van der Waals surface area contributed by atoms with Crippen molar-refractivity contribution in [3.63, 3.8) is 0 Å². The number of carbonyl (C=O) groups excluding carboxylic acids is 5. The third-order valence-corrected chi connectivity index (χ3v) is 11.0. The fraction of sp³-hybridized carbons (Fsp3) is 0.367. The molecule has 4 aliphatic rings. The number of rotatable bonds is 5. The molecule has 2 aliphatic carbocycles. The lowest BCUT2D eigenvalue weighted by atomic mass is 9.56. The molecular weight excluding hydrogens is 651 g/mol. The Morgan fingerprint density at radius 3 is 2.36 bits per heavy atom. The van der Waals surface area contributed by atoms with Crippen LogP contribution < -0.4 is 9.64 Å². The van der Waals surface area contributed by atoms with E-state index in [1.807, 2.05) is 0 Å². The number of fused-ring (bicyclic) bond motifs is 4. The fourth-order valence-electron chi connectivity index (χ4n) is 7.17. The number of benzene rings is 2. The summed E-state index contributed by atoms with van der Waals surface area (Å²) in [5.41, 5.74) is 1.31. The van der Waals surface area contributed by atoms with Gasteiger partial charge in [0.05, 0.1) is 30.1 Å². The summed E-state index contributed by atoms with van der Waals surface area (Å²) in [6.07, 6.45) is 1.77. The SMILES string of the molecule is COc1cccc(O)c1[C@H]1C2=CC[C@@H]3C(=O)N(c4ccc(C(C)=O)cc4)C(=O)[C@@H]3[C@@H]2C[C@@]2(Cl)C(=O)N(CBr)C(=O)[C@@]12Cl. The van der Waals surface area contributed by atoms with Crippen LogP contribution in [-0.2, 0) is 19.2 Å². The van der Waals surface area contributed by atoms with Crippen molar-refractivity contribution in [2.24, 2.45) is 17.8 Å². The van der Waals surface area contributed by atoms with E-state index in [-0.39, 0.29) is 41.1 Å². The van der Waals surface area contributed by atoms with Crippen LogP contribution in [0.3, 0.4) is 0 Å². The lowest BCUT2D eigenvalue weighted by Gasteiger charge is -2.50. The van der Waals surface area contributed by atoms with Crippen molar-refractivity contribution >= 4 is 74.2 Å². The van der Waals surface area contributed by atoms with Gasteiger partial charge in [-0.05, 0) is 62.1 Å². The van der Waals surface area contributed by atoms with E-state index in [0.29, 0.717) is 16.8 Å². The summed E-state index contributed by atoms with van der Waals surface area (Å²) in [6.45, 7) is 1.42. The topological polar surface area (TPSA) is 121 Å². The summed E-state index contributed by atoms with van der Waals surface area (Å²) in [4.78, 5) is 65.2. The van der Waals surface area contributed by atoms with Gasteiger partial charge >= 0.3 is 0 Å². The number of likely N-dealkylation sites (tertiary alicyclic amines) is 1. The molecule has 12 heteroatoms. The molecule has 4 amide bonds. The van der Waals surface area contributed by atoms with Crippen LogP contribution in [0.15, 0.2) is 54.1 Å². The maximum absolute atomic E-state index is 14.1. The Labute approximate surface area is 259 Å². The number of carbonyl (C=O) groups is 5. The lowest BCUT2D eigenvalue weighted by Crippen LogP contribution is -2.60. The van der Waals surface area contributed by atoms with E-state index in [2.05, 4.69) is 15.9 Å². The molecular formula is C30H25BrCl2N2O7. The average molecular weight is 676 g/mol. The smallest absolute Gasteiger partial charge is 0.254 e. The molecule has 0 unspecified atom stereocenters. The largest absolute Gasteiger partial charge is 0.508 e. The predicted octanol–water partition coefficient (Wildman–Crippen LogP) is 4.52. The Morgan fingerprint density at radius 2 is 1.74 bits per heavy atom. The Balaban J connectivity index is 1.52. The molecule has 9 nitrogen and oxygen atoms in total. The molecule has 2 aromatic rings. The normalized spacial score (nSPS) is 32.0. The van der Waals surface area contributed by atoms with Crippen molar-refractivity contribution in [1.82, 2.24) is 4.90 Å². The minimum Gasteiger partial charge on any atom is -0.508 e. The van der Waals surface area contributed by atoms with E-state index < -0.39 is 57.0 Å². The summed E-state index contributed by atoms with van der Waals surface area (Å²) in [7, 11) is 1.40. The van der Waals surface area contributed by atoms with Crippen LogP contribution in [0.2, 0.25) is 0 Å². The highest BCUT2D eigenvalue weighted by atomic mass is 79.9. The van der Waals surface area contributed by atoms with Crippen molar-refractivity contribution in [1.29, 1.82) is 0 Å². The monoisotopic (exact) mass is 674 g/mol. The van der Waals surface area contributed by atoms with Crippen LogP contribution in [0.4, 0.5) is 5.69 Å². The van der Waals surface area contributed by atoms with Gasteiger partial charge in [0.2, 0.25) is 11.8 Å². The predicted molar refractivity (Wildman–Crippen MR) is 157 cm³/mol. The third kappa shape index (κ3) is 3.64. The number of hydrogen-bond acceptors (Lipinski definition) is 7. The molecule has 2 aliphatic heterocycles. The fourth-order valence-corrected chi connectivity index (χ4v) is 8.58. The Kier molecular flexibility index (Phi) is 6.83. The van der Waals surface area contributed by atoms with Crippen molar-refractivity contribution < 1.29 is 33.8 Å². The number of phenols is 1. The molecule has 2 aromatic carbocycles. The maximum atomic E-state index is 14.1. The molecule has 3 fully saturated rings. The molecule has 0 radical (unpaired) electrons. The second-order valence-electron chi connectivity index (χ2n) is 11.0. The number of allylic oxidation sites excluding steroid dienone is 2. The van der Waals surface area contributed by atoms with Crippen molar-refractivity contribution in [3.8, 4) is 11.5 Å².